The van der Waals surface area contributed by atoms with Gasteiger partial charge in [-0.15, -0.1) is 0 Å². The fourth-order valence-corrected chi connectivity index (χ4v) is 11.2. The van der Waals surface area contributed by atoms with E-state index in [1.165, 1.54) is 103 Å². The van der Waals surface area contributed by atoms with Crippen molar-refractivity contribution >= 4 is 39.5 Å². The van der Waals surface area contributed by atoms with Gasteiger partial charge in [0.2, 0.25) is 0 Å². The highest BCUT2D eigenvalue weighted by Gasteiger charge is 2.30. The van der Waals surface area contributed by atoms with Crippen LogP contribution in [0.3, 0.4) is 0 Å². The smallest absolute Gasteiger partial charge is 0.462 e. The number of esters is 4. The maximum Gasteiger partial charge on any atom is 0.472 e. The first-order chi connectivity index (χ1) is 40.1. The Kier molecular flexibility index (Phi) is 53.9. The van der Waals surface area contributed by atoms with Gasteiger partial charge in [-0.3, -0.25) is 37.3 Å². The van der Waals surface area contributed by atoms with Crippen molar-refractivity contribution in [2.24, 2.45) is 23.7 Å². The molecule has 17 nitrogen and oxygen atoms in total. The van der Waals surface area contributed by atoms with Crippen LogP contribution in [0.4, 0.5) is 0 Å². The maximum absolute atomic E-state index is 13.0. The second kappa shape index (κ2) is 55.2. The van der Waals surface area contributed by atoms with Crippen LogP contribution in [0.25, 0.3) is 0 Å². The number of aliphatic hydroxyl groups excluding tert-OH is 1. The summed E-state index contributed by atoms with van der Waals surface area (Å²) in [7, 11) is -9.89. The fourth-order valence-electron chi connectivity index (χ4n) is 9.57. The van der Waals surface area contributed by atoms with Crippen LogP contribution in [0.1, 0.15) is 312 Å². The molecule has 0 saturated heterocycles. The fraction of sp³-hybridized carbons (Fsp3) is 0.938. The van der Waals surface area contributed by atoms with Crippen LogP contribution in [0.2, 0.25) is 0 Å². The quantitative estimate of drug-likeness (QED) is 0.0222. The molecule has 0 amide bonds. The van der Waals surface area contributed by atoms with E-state index in [1.54, 1.807) is 0 Å². The number of phosphoric ester groups is 2. The Morgan fingerprint density at radius 3 is 0.845 bits per heavy atom. The molecule has 0 spiro atoms. The first-order valence-electron chi connectivity index (χ1n) is 33.7. The van der Waals surface area contributed by atoms with Gasteiger partial charge >= 0.3 is 39.5 Å². The van der Waals surface area contributed by atoms with Crippen LogP contribution in [0, 0.1) is 23.7 Å². The topological polar surface area (TPSA) is 237 Å². The van der Waals surface area contributed by atoms with Gasteiger partial charge in [0.05, 0.1) is 26.4 Å². The Hall–Kier alpha value is -1.94. The first kappa shape index (κ1) is 82.1. The average molecular weight is 1240 g/mol. The van der Waals surface area contributed by atoms with Gasteiger partial charge in [0.25, 0.3) is 0 Å². The van der Waals surface area contributed by atoms with E-state index in [9.17, 15) is 43.2 Å². The molecular formula is C65H126O17P2. The van der Waals surface area contributed by atoms with Gasteiger partial charge in [-0.05, 0) is 49.4 Å². The second-order valence-corrected chi connectivity index (χ2v) is 28.1. The Labute approximate surface area is 511 Å². The van der Waals surface area contributed by atoms with Crippen molar-refractivity contribution in [1.29, 1.82) is 0 Å². The van der Waals surface area contributed by atoms with Crippen LogP contribution < -0.4 is 0 Å². The Bertz CT molecular complexity index is 1680. The van der Waals surface area contributed by atoms with Gasteiger partial charge in [0.15, 0.2) is 12.2 Å². The number of carbonyl (C=O) groups excluding carboxylic acids is 4. The van der Waals surface area contributed by atoms with Crippen LogP contribution >= 0.6 is 15.6 Å². The summed E-state index contributed by atoms with van der Waals surface area (Å²) < 4.78 is 68.0. The summed E-state index contributed by atoms with van der Waals surface area (Å²) in [4.78, 5) is 72.2. The predicted molar refractivity (Wildman–Crippen MR) is 335 cm³/mol. The molecule has 0 saturated carbocycles. The third-order valence-electron chi connectivity index (χ3n) is 15.2. The molecule has 0 aromatic carbocycles. The summed E-state index contributed by atoms with van der Waals surface area (Å²) in [6.07, 6.45) is 35.1. The summed E-state index contributed by atoms with van der Waals surface area (Å²) in [5.74, 6) is 0.740. The normalized spacial score (nSPS) is 14.7. The molecule has 84 heavy (non-hydrogen) atoms. The van der Waals surface area contributed by atoms with Gasteiger partial charge in [-0.2, -0.15) is 0 Å². The molecule has 0 fully saturated rings. The van der Waals surface area contributed by atoms with Crippen molar-refractivity contribution < 1.29 is 80.2 Å². The summed E-state index contributed by atoms with van der Waals surface area (Å²) in [6.45, 7) is 13.9. The lowest BCUT2D eigenvalue weighted by Crippen LogP contribution is -2.30. The molecule has 0 bridgehead atoms. The minimum atomic E-state index is -4.95. The number of hydrogen-bond acceptors (Lipinski definition) is 15. The zero-order valence-corrected chi connectivity index (χ0v) is 56.3. The lowest BCUT2D eigenvalue weighted by molar-refractivity contribution is -0.161. The number of aliphatic hydroxyl groups is 1. The van der Waals surface area contributed by atoms with Crippen molar-refractivity contribution in [2.45, 2.75) is 331 Å². The lowest BCUT2D eigenvalue weighted by Gasteiger charge is -2.21. The maximum atomic E-state index is 13.0. The van der Waals surface area contributed by atoms with E-state index in [1.807, 2.05) is 0 Å². The number of phosphoric acid groups is 2. The van der Waals surface area contributed by atoms with Crippen molar-refractivity contribution in [3.05, 3.63) is 0 Å². The van der Waals surface area contributed by atoms with E-state index in [0.29, 0.717) is 37.5 Å². The van der Waals surface area contributed by atoms with E-state index in [4.69, 9.17) is 37.0 Å². The molecule has 0 aliphatic carbocycles. The van der Waals surface area contributed by atoms with Crippen molar-refractivity contribution in [3.63, 3.8) is 0 Å². The third kappa shape index (κ3) is 57.8. The summed E-state index contributed by atoms with van der Waals surface area (Å²) >= 11 is 0. The molecule has 0 aliphatic heterocycles. The molecule has 6 atom stereocenters. The minimum Gasteiger partial charge on any atom is -0.462 e. The predicted octanol–water partition coefficient (Wildman–Crippen LogP) is 17.8. The SMILES string of the molecule is CCC(C)CCCCCCCCC(=O)OC[C@H](COP(=O)(O)OC[C@H](O)COP(=O)(O)OC[C@@H](COC(=O)CCCCCCCCCC(C)C)OC(=O)CCCCCCCCCCCCCCC(C)C)OC(=O)CCCCCCCCC(C)C. The molecule has 0 rings (SSSR count). The zero-order valence-electron chi connectivity index (χ0n) is 54.5. The average Bonchev–Trinajstić information content (AvgIpc) is 3.47. The molecular weight excluding hydrogens is 1110 g/mol. The highest BCUT2D eigenvalue weighted by atomic mass is 31.2. The molecule has 0 heterocycles. The minimum absolute atomic E-state index is 0.101. The van der Waals surface area contributed by atoms with Crippen molar-refractivity contribution in [2.75, 3.05) is 39.6 Å². The van der Waals surface area contributed by atoms with Crippen molar-refractivity contribution in [3.8, 4) is 0 Å². The third-order valence-corrected chi connectivity index (χ3v) is 17.1. The Morgan fingerprint density at radius 1 is 0.333 bits per heavy atom. The zero-order chi connectivity index (χ0) is 62.5. The van der Waals surface area contributed by atoms with Crippen LogP contribution in [0.15, 0.2) is 0 Å². The number of hydrogen-bond donors (Lipinski definition) is 3. The Balaban J connectivity index is 5.24. The van der Waals surface area contributed by atoms with Crippen molar-refractivity contribution in [1.82, 2.24) is 0 Å². The first-order valence-corrected chi connectivity index (χ1v) is 36.7. The molecule has 0 aromatic rings. The number of ether oxygens (including phenoxy) is 4. The molecule has 19 heteroatoms. The molecule has 498 valence electrons. The number of unbranched alkanes of at least 4 members (excludes halogenated alkanes) is 27. The van der Waals surface area contributed by atoms with E-state index in [0.717, 1.165) is 115 Å². The summed E-state index contributed by atoms with van der Waals surface area (Å²) in [6, 6.07) is 0. The molecule has 0 radical (unpaired) electrons. The molecule has 3 unspecified atom stereocenters. The van der Waals surface area contributed by atoms with Gasteiger partial charge in [0.1, 0.15) is 19.3 Å². The van der Waals surface area contributed by atoms with Gasteiger partial charge in [-0.1, -0.05) is 261 Å². The highest BCUT2D eigenvalue weighted by molar-refractivity contribution is 7.47. The largest absolute Gasteiger partial charge is 0.472 e. The summed E-state index contributed by atoms with van der Waals surface area (Å²) in [5, 5.41) is 10.5. The van der Waals surface area contributed by atoms with E-state index >= 15 is 0 Å². The van der Waals surface area contributed by atoms with Gasteiger partial charge in [-0.25, -0.2) is 9.13 Å². The number of rotatable bonds is 62. The molecule has 0 aliphatic rings. The van der Waals surface area contributed by atoms with E-state index in [-0.39, 0.29) is 25.7 Å². The number of carbonyl (C=O) groups is 4. The monoisotopic (exact) mass is 1240 g/mol. The summed E-state index contributed by atoms with van der Waals surface area (Å²) in [5.41, 5.74) is 0. The van der Waals surface area contributed by atoms with Gasteiger partial charge in [0, 0.05) is 25.7 Å². The second-order valence-electron chi connectivity index (χ2n) is 25.2. The van der Waals surface area contributed by atoms with E-state index in [2.05, 4.69) is 55.4 Å². The lowest BCUT2D eigenvalue weighted by atomic mass is 10.00. The molecule has 3 N–H and O–H groups in total. The van der Waals surface area contributed by atoms with Gasteiger partial charge < -0.3 is 33.8 Å². The van der Waals surface area contributed by atoms with Crippen LogP contribution in [0.5, 0.6) is 0 Å². The van der Waals surface area contributed by atoms with Crippen LogP contribution in [-0.2, 0) is 65.4 Å². The standard InChI is InChI=1S/C65H126O17P2/c1-9-58(8)44-36-28-22-24-30-38-46-63(68)76-52-61(82-65(70)48-40-32-23-21-27-35-43-57(6)7)54-80-84(73,74)78-50-59(66)49-77-83(71,72)79-53-60(51-75-62(67)45-37-29-20-16-18-26-34-42-56(4)5)81-64(69)47-39-31-19-15-13-11-10-12-14-17-25-33-41-55(2)3/h55-61,66H,9-54H2,1-8H3,(H,71,72)(H,73,74)/t58?,59-,60-,61-/m1/s1. The van der Waals surface area contributed by atoms with E-state index < -0.39 is 97.5 Å². The van der Waals surface area contributed by atoms with Crippen LogP contribution in [-0.4, -0.2) is 96.7 Å². The molecule has 0 aromatic heterocycles. The highest BCUT2D eigenvalue weighted by Crippen LogP contribution is 2.45. The Morgan fingerprint density at radius 2 is 0.571 bits per heavy atom.